The van der Waals surface area contributed by atoms with Gasteiger partial charge in [-0.3, -0.25) is 9.59 Å². The van der Waals surface area contributed by atoms with Gasteiger partial charge in [-0.05, 0) is 66.2 Å². The molecular formula is C27H30N2O5. The summed E-state index contributed by atoms with van der Waals surface area (Å²) in [4.78, 5) is 36.8. The van der Waals surface area contributed by atoms with Crippen LogP contribution in [0.15, 0.2) is 48.5 Å². The van der Waals surface area contributed by atoms with Crippen molar-refractivity contribution in [1.29, 1.82) is 0 Å². The predicted molar refractivity (Wildman–Crippen MR) is 126 cm³/mol. The first-order valence-electron chi connectivity index (χ1n) is 12.1. The van der Waals surface area contributed by atoms with Crippen LogP contribution in [0.25, 0.3) is 11.1 Å². The molecule has 1 atom stereocenters. The van der Waals surface area contributed by atoms with E-state index in [-0.39, 0.29) is 18.6 Å². The number of alkyl carbamates (subject to hydrolysis) is 1. The first kappa shape index (κ1) is 22.4. The molecule has 0 aromatic heterocycles. The van der Waals surface area contributed by atoms with E-state index in [0.29, 0.717) is 5.41 Å². The van der Waals surface area contributed by atoms with Crippen LogP contribution < -0.4 is 10.6 Å². The zero-order valence-corrected chi connectivity index (χ0v) is 19.1. The second-order valence-corrected chi connectivity index (χ2v) is 9.90. The lowest BCUT2D eigenvalue weighted by atomic mass is 9.83. The molecule has 5 rings (SSSR count). The van der Waals surface area contributed by atoms with Crippen LogP contribution in [0.2, 0.25) is 0 Å². The lowest BCUT2D eigenvalue weighted by Gasteiger charge is -2.30. The monoisotopic (exact) mass is 462 g/mol. The van der Waals surface area contributed by atoms with Gasteiger partial charge in [-0.1, -0.05) is 48.5 Å². The quantitative estimate of drug-likeness (QED) is 0.572. The molecule has 0 radical (unpaired) electrons. The van der Waals surface area contributed by atoms with Crippen LogP contribution in [-0.2, 0) is 14.3 Å². The number of carboxylic acids is 1. The fourth-order valence-electron chi connectivity index (χ4n) is 5.52. The standard InChI is InChI=1S/C27H30N2O5/c30-24(31)15-23(25(32)28-17-9-11-27(12-10-17)13-14-27)29-26(33)34-16-22-20-7-3-1-5-18(20)19-6-2-4-8-21(19)22/h1-8,17,22-23H,9-16H2,(H,28,32)(H,29,33)(H,30,31). The average Bonchev–Trinajstić information content (AvgIpc) is 3.51. The molecule has 2 fully saturated rings. The molecule has 3 aliphatic rings. The van der Waals surface area contributed by atoms with Gasteiger partial charge < -0.3 is 20.5 Å². The first-order chi connectivity index (χ1) is 16.4. The van der Waals surface area contributed by atoms with Crippen molar-refractivity contribution in [3.05, 3.63) is 59.7 Å². The summed E-state index contributed by atoms with van der Waals surface area (Å²) in [5.41, 5.74) is 4.91. The Hall–Kier alpha value is -3.35. The second-order valence-electron chi connectivity index (χ2n) is 9.90. The van der Waals surface area contributed by atoms with E-state index < -0.39 is 30.4 Å². The highest BCUT2D eigenvalue weighted by Crippen LogP contribution is 2.56. The summed E-state index contributed by atoms with van der Waals surface area (Å²) in [6, 6.07) is 14.9. The number of carbonyl (C=O) groups is 3. The lowest BCUT2D eigenvalue weighted by molar-refractivity contribution is -0.140. The van der Waals surface area contributed by atoms with Crippen molar-refractivity contribution in [2.45, 2.75) is 62.9 Å². The van der Waals surface area contributed by atoms with E-state index in [1.807, 2.05) is 36.4 Å². The van der Waals surface area contributed by atoms with E-state index in [2.05, 4.69) is 22.8 Å². The first-order valence-corrected chi connectivity index (χ1v) is 12.1. The van der Waals surface area contributed by atoms with Crippen molar-refractivity contribution in [2.75, 3.05) is 6.61 Å². The van der Waals surface area contributed by atoms with Crippen LogP contribution in [0.3, 0.4) is 0 Å². The summed E-state index contributed by atoms with van der Waals surface area (Å²) in [7, 11) is 0. The second kappa shape index (κ2) is 9.12. The van der Waals surface area contributed by atoms with Crippen molar-refractivity contribution in [1.82, 2.24) is 10.6 Å². The lowest BCUT2D eigenvalue weighted by Crippen LogP contribution is -2.51. The summed E-state index contributed by atoms with van der Waals surface area (Å²) in [6.45, 7) is 0.103. The van der Waals surface area contributed by atoms with Gasteiger partial charge >= 0.3 is 12.1 Å². The molecule has 7 nitrogen and oxygen atoms in total. The van der Waals surface area contributed by atoms with Crippen LogP contribution in [0.4, 0.5) is 4.79 Å². The van der Waals surface area contributed by atoms with Crippen molar-refractivity contribution < 1.29 is 24.2 Å². The van der Waals surface area contributed by atoms with E-state index >= 15 is 0 Å². The van der Waals surface area contributed by atoms with E-state index in [0.717, 1.165) is 47.9 Å². The number of ether oxygens (including phenoxy) is 1. The highest BCUT2D eigenvalue weighted by atomic mass is 16.5. The normalized spacial score (nSPS) is 19.1. The number of fused-ring (bicyclic) bond motifs is 3. The third kappa shape index (κ3) is 4.65. The number of rotatable bonds is 7. The molecule has 178 valence electrons. The summed E-state index contributed by atoms with van der Waals surface area (Å²) >= 11 is 0. The summed E-state index contributed by atoms with van der Waals surface area (Å²) in [6.07, 6.45) is 5.27. The van der Waals surface area contributed by atoms with Crippen LogP contribution >= 0.6 is 0 Å². The van der Waals surface area contributed by atoms with Gasteiger partial charge in [-0.25, -0.2) is 4.79 Å². The van der Waals surface area contributed by atoms with Gasteiger partial charge in [0.1, 0.15) is 12.6 Å². The zero-order valence-electron chi connectivity index (χ0n) is 19.1. The van der Waals surface area contributed by atoms with Gasteiger partial charge in [-0.2, -0.15) is 0 Å². The maximum absolute atomic E-state index is 12.8. The van der Waals surface area contributed by atoms with E-state index in [4.69, 9.17) is 4.74 Å². The third-order valence-electron chi connectivity index (χ3n) is 7.68. The molecule has 0 saturated heterocycles. The maximum Gasteiger partial charge on any atom is 0.407 e. The average molecular weight is 463 g/mol. The molecule has 0 bridgehead atoms. The number of carbonyl (C=O) groups excluding carboxylic acids is 2. The van der Waals surface area contributed by atoms with Gasteiger partial charge in [0.05, 0.1) is 6.42 Å². The molecule has 1 unspecified atom stereocenters. The predicted octanol–water partition coefficient (Wildman–Crippen LogP) is 4.21. The molecule has 2 saturated carbocycles. The van der Waals surface area contributed by atoms with Crippen molar-refractivity contribution >= 4 is 18.0 Å². The molecule has 2 amide bonds. The fourth-order valence-corrected chi connectivity index (χ4v) is 5.52. The van der Waals surface area contributed by atoms with Crippen molar-refractivity contribution in [2.24, 2.45) is 5.41 Å². The topological polar surface area (TPSA) is 105 Å². The highest BCUT2D eigenvalue weighted by molar-refractivity contribution is 5.89. The van der Waals surface area contributed by atoms with Crippen LogP contribution in [0.5, 0.6) is 0 Å². The van der Waals surface area contributed by atoms with Crippen molar-refractivity contribution in [3.63, 3.8) is 0 Å². The Bertz CT molecular complexity index is 1050. The number of amides is 2. The molecule has 0 aliphatic heterocycles. The maximum atomic E-state index is 12.8. The Balaban J connectivity index is 1.19. The smallest absolute Gasteiger partial charge is 0.407 e. The molecule has 2 aromatic rings. The molecule has 3 N–H and O–H groups in total. The fraction of sp³-hybridized carbons (Fsp3) is 0.444. The third-order valence-corrected chi connectivity index (χ3v) is 7.68. The SMILES string of the molecule is O=C(O)CC(NC(=O)OCC1c2ccccc2-c2ccccc21)C(=O)NC1CCC2(CC1)CC2. The molecular weight excluding hydrogens is 432 g/mol. The largest absolute Gasteiger partial charge is 0.481 e. The number of carboxylic acid groups (broad SMARTS) is 1. The Labute approximate surface area is 198 Å². The highest BCUT2D eigenvalue weighted by Gasteiger charge is 2.45. The minimum absolute atomic E-state index is 0.0272. The van der Waals surface area contributed by atoms with Gasteiger partial charge in [0.2, 0.25) is 5.91 Å². The minimum atomic E-state index is -1.18. The number of hydrogen-bond acceptors (Lipinski definition) is 4. The van der Waals surface area contributed by atoms with Crippen molar-refractivity contribution in [3.8, 4) is 11.1 Å². The number of aliphatic carboxylic acids is 1. The summed E-state index contributed by atoms with van der Waals surface area (Å²) < 4.78 is 5.50. The van der Waals surface area contributed by atoms with Crippen LogP contribution in [0.1, 0.15) is 62.0 Å². The van der Waals surface area contributed by atoms with E-state index in [1.54, 1.807) is 0 Å². The van der Waals surface area contributed by atoms with Crippen LogP contribution in [0, 0.1) is 5.41 Å². The van der Waals surface area contributed by atoms with Gasteiger partial charge in [-0.15, -0.1) is 0 Å². The zero-order chi connectivity index (χ0) is 23.7. The van der Waals surface area contributed by atoms with Gasteiger partial charge in [0.25, 0.3) is 0 Å². The number of hydrogen-bond donors (Lipinski definition) is 3. The molecule has 7 heteroatoms. The van der Waals surface area contributed by atoms with Crippen LogP contribution in [-0.4, -0.2) is 41.8 Å². The molecule has 2 aromatic carbocycles. The van der Waals surface area contributed by atoms with E-state index in [9.17, 15) is 19.5 Å². The molecule has 0 heterocycles. The molecule has 3 aliphatic carbocycles. The van der Waals surface area contributed by atoms with Gasteiger partial charge in [0, 0.05) is 12.0 Å². The minimum Gasteiger partial charge on any atom is -0.481 e. The summed E-state index contributed by atoms with van der Waals surface area (Å²) in [5, 5.41) is 14.7. The summed E-state index contributed by atoms with van der Waals surface area (Å²) in [5.74, 6) is -1.73. The Morgan fingerprint density at radius 1 is 0.941 bits per heavy atom. The van der Waals surface area contributed by atoms with Gasteiger partial charge in [0.15, 0.2) is 0 Å². The molecule has 1 spiro atoms. The number of nitrogens with one attached hydrogen (secondary N) is 2. The number of benzene rings is 2. The Kier molecular flexibility index (Phi) is 6.02. The Morgan fingerprint density at radius 2 is 1.53 bits per heavy atom. The molecule has 34 heavy (non-hydrogen) atoms. The Morgan fingerprint density at radius 3 is 2.09 bits per heavy atom. The van der Waals surface area contributed by atoms with E-state index in [1.165, 1.54) is 12.8 Å².